The third-order valence-electron chi connectivity index (χ3n) is 4.87. The molecule has 0 aliphatic carbocycles. The van der Waals surface area contributed by atoms with Crippen LogP contribution >= 0.6 is 0 Å². The van der Waals surface area contributed by atoms with Gasteiger partial charge in [-0.2, -0.15) is 0 Å². The molecular formula is C19H21NO5. The van der Waals surface area contributed by atoms with E-state index in [1.165, 1.54) is 0 Å². The lowest BCUT2D eigenvalue weighted by molar-refractivity contribution is -0.315. The molecule has 6 heteroatoms. The van der Waals surface area contributed by atoms with Crippen LogP contribution in [0, 0.1) is 0 Å². The summed E-state index contributed by atoms with van der Waals surface area (Å²) in [4.78, 5) is 11.2. The van der Waals surface area contributed by atoms with Gasteiger partial charge in [-0.3, -0.25) is 4.79 Å². The average Bonchev–Trinajstić information content (AvgIpc) is 3.05. The molecule has 0 radical (unpaired) electrons. The standard InChI is InChI=1S/C19H21NO5/c21-9-15-6-7-16-11-24-19(13-20(15)16)8-18(17(22)12-25-19)23-10-14-4-2-1-3-5-14/h1-7,9,17-18,22H,8,10-13H2/t17-,18+,19+/m1/s1. The molecule has 6 nitrogen and oxygen atoms in total. The van der Waals surface area contributed by atoms with Gasteiger partial charge in [0.15, 0.2) is 12.1 Å². The molecule has 2 aliphatic rings. The molecule has 3 heterocycles. The zero-order valence-corrected chi connectivity index (χ0v) is 13.8. The molecular weight excluding hydrogens is 322 g/mol. The second-order valence-corrected chi connectivity index (χ2v) is 6.57. The third-order valence-corrected chi connectivity index (χ3v) is 4.87. The van der Waals surface area contributed by atoms with Gasteiger partial charge >= 0.3 is 0 Å². The van der Waals surface area contributed by atoms with Gasteiger partial charge in [0, 0.05) is 12.1 Å². The van der Waals surface area contributed by atoms with Crippen LogP contribution in [0.25, 0.3) is 0 Å². The maximum absolute atomic E-state index is 11.2. The molecule has 0 saturated carbocycles. The van der Waals surface area contributed by atoms with Crippen LogP contribution in [-0.2, 0) is 34.0 Å². The van der Waals surface area contributed by atoms with E-state index < -0.39 is 11.9 Å². The smallest absolute Gasteiger partial charge is 0.189 e. The van der Waals surface area contributed by atoms with Gasteiger partial charge < -0.3 is 23.9 Å². The molecule has 25 heavy (non-hydrogen) atoms. The quantitative estimate of drug-likeness (QED) is 0.859. The van der Waals surface area contributed by atoms with E-state index in [4.69, 9.17) is 14.2 Å². The van der Waals surface area contributed by atoms with Crippen LogP contribution in [-0.4, -0.2) is 40.6 Å². The SMILES string of the molecule is O=Cc1ccc2n1C[C@@]1(C[C@H](OCc3ccccc3)[C@H](O)CO1)OC2. The predicted octanol–water partition coefficient (Wildman–Crippen LogP) is 1.89. The highest BCUT2D eigenvalue weighted by Crippen LogP contribution is 2.35. The van der Waals surface area contributed by atoms with Gasteiger partial charge in [-0.15, -0.1) is 0 Å². The lowest BCUT2D eigenvalue weighted by Crippen LogP contribution is -2.55. The topological polar surface area (TPSA) is 69.9 Å². The molecule has 0 bridgehead atoms. The van der Waals surface area contributed by atoms with Gasteiger partial charge in [0.2, 0.25) is 0 Å². The summed E-state index contributed by atoms with van der Waals surface area (Å²) >= 11 is 0. The number of hydrogen-bond acceptors (Lipinski definition) is 5. The highest BCUT2D eigenvalue weighted by atomic mass is 16.7. The summed E-state index contributed by atoms with van der Waals surface area (Å²) in [6.07, 6.45) is 0.167. The zero-order chi connectivity index (χ0) is 17.3. The Bertz CT molecular complexity index is 744. The van der Waals surface area contributed by atoms with Gasteiger partial charge in [0.05, 0.1) is 38.2 Å². The number of hydrogen-bond donors (Lipinski definition) is 1. The van der Waals surface area contributed by atoms with Crippen molar-refractivity contribution in [3.8, 4) is 0 Å². The molecule has 1 aromatic carbocycles. The second kappa shape index (κ2) is 6.72. The first kappa shape index (κ1) is 16.5. The summed E-state index contributed by atoms with van der Waals surface area (Å²) < 4.78 is 19.7. The molecule has 2 aliphatic heterocycles. The number of benzene rings is 1. The van der Waals surface area contributed by atoms with Crippen LogP contribution < -0.4 is 0 Å². The summed E-state index contributed by atoms with van der Waals surface area (Å²) in [5.41, 5.74) is 2.61. The van der Waals surface area contributed by atoms with Crippen molar-refractivity contribution in [2.75, 3.05) is 6.61 Å². The van der Waals surface area contributed by atoms with E-state index in [0.29, 0.717) is 31.9 Å². The van der Waals surface area contributed by atoms with E-state index in [9.17, 15) is 9.90 Å². The number of carbonyl (C=O) groups is 1. The largest absolute Gasteiger partial charge is 0.388 e. The number of fused-ring (bicyclic) bond motifs is 1. The first-order chi connectivity index (χ1) is 12.2. The molecule has 0 unspecified atom stereocenters. The zero-order valence-electron chi connectivity index (χ0n) is 13.8. The van der Waals surface area contributed by atoms with Crippen molar-refractivity contribution in [3.63, 3.8) is 0 Å². The molecule has 2 aromatic rings. The number of rotatable bonds is 4. The highest BCUT2D eigenvalue weighted by Gasteiger charge is 2.46. The fourth-order valence-electron chi connectivity index (χ4n) is 3.45. The molecule has 1 N–H and O–H groups in total. The van der Waals surface area contributed by atoms with Crippen LogP contribution in [0.3, 0.4) is 0 Å². The van der Waals surface area contributed by atoms with Crippen LogP contribution in [0.1, 0.15) is 28.2 Å². The molecule has 3 atom stereocenters. The third kappa shape index (κ3) is 3.26. The van der Waals surface area contributed by atoms with Crippen LogP contribution in [0.2, 0.25) is 0 Å². The van der Waals surface area contributed by atoms with Crippen molar-refractivity contribution in [3.05, 3.63) is 59.4 Å². The molecule has 1 saturated heterocycles. The normalized spacial score (nSPS) is 28.7. The van der Waals surface area contributed by atoms with Gasteiger partial charge in [0.25, 0.3) is 0 Å². The van der Waals surface area contributed by atoms with Gasteiger partial charge in [0.1, 0.15) is 6.10 Å². The summed E-state index contributed by atoms with van der Waals surface area (Å²) in [7, 11) is 0. The number of aliphatic hydroxyl groups is 1. The number of aromatic nitrogens is 1. The first-order valence-corrected chi connectivity index (χ1v) is 8.44. The number of carbonyl (C=O) groups excluding carboxylic acids is 1. The first-order valence-electron chi connectivity index (χ1n) is 8.44. The van der Waals surface area contributed by atoms with Crippen molar-refractivity contribution in [2.45, 2.75) is 44.2 Å². The Morgan fingerprint density at radius 1 is 1.24 bits per heavy atom. The molecule has 1 fully saturated rings. The van der Waals surface area contributed by atoms with Crippen molar-refractivity contribution >= 4 is 6.29 Å². The Kier molecular flexibility index (Phi) is 4.43. The summed E-state index contributed by atoms with van der Waals surface area (Å²) in [5, 5.41) is 10.2. The Labute approximate surface area is 145 Å². The van der Waals surface area contributed by atoms with Gasteiger partial charge in [-0.1, -0.05) is 30.3 Å². The molecule has 1 spiro atoms. The van der Waals surface area contributed by atoms with Crippen molar-refractivity contribution in [2.24, 2.45) is 0 Å². The number of ether oxygens (including phenoxy) is 3. The molecule has 132 valence electrons. The summed E-state index contributed by atoms with van der Waals surface area (Å²) in [6.45, 7) is 1.36. The number of aliphatic hydroxyl groups excluding tert-OH is 1. The maximum atomic E-state index is 11.2. The minimum atomic E-state index is -0.871. The Morgan fingerprint density at radius 2 is 2.08 bits per heavy atom. The lowest BCUT2D eigenvalue weighted by Gasteiger charge is -2.45. The Balaban J connectivity index is 1.47. The van der Waals surface area contributed by atoms with Crippen LogP contribution in [0.15, 0.2) is 42.5 Å². The maximum Gasteiger partial charge on any atom is 0.189 e. The minimum absolute atomic E-state index is 0.145. The van der Waals surface area contributed by atoms with Crippen LogP contribution in [0.5, 0.6) is 0 Å². The van der Waals surface area contributed by atoms with E-state index in [2.05, 4.69) is 0 Å². The highest BCUT2D eigenvalue weighted by molar-refractivity contribution is 5.72. The molecule has 1 aromatic heterocycles. The monoisotopic (exact) mass is 343 g/mol. The summed E-state index contributed by atoms with van der Waals surface area (Å²) in [6, 6.07) is 13.5. The summed E-state index contributed by atoms with van der Waals surface area (Å²) in [5.74, 6) is -0.871. The Hall–Kier alpha value is -1.99. The lowest BCUT2D eigenvalue weighted by atomic mass is 9.99. The van der Waals surface area contributed by atoms with Gasteiger partial charge in [-0.25, -0.2) is 0 Å². The van der Waals surface area contributed by atoms with Crippen molar-refractivity contribution in [1.29, 1.82) is 0 Å². The number of aldehydes is 1. The van der Waals surface area contributed by atoms with E-state index in [0.717, 1.165) is 17.5 Å². The van der Waals surface area contributed by atoms with Gasteiger partial charge in [-0.05, 0) is 17.7 Å². The predicted molar refractivity (Wildman–Crippen MR) is 88.9 cm³/mol. The van der Waals surface area contributed by atoms with Crippen molar-refractivity contribution in [1.82, 2.24) is 4.57 Å². The van der Waals surface area contributed by atoms with E-state index in [-0.39, 0.29) is 12.7 Å². The number of nitrogens with zero attached hydrogens (tertiary/aromatic N) is 1. The fraction of sp³-hybridized carbons (Fsp3) is 0.421. The van der Waals surface area contributed by atoms with E-state index in [1.807, 2.05) is 41.0 Å². The van der Waals surface area contributed by atoms with Crippen molar-refractivity contribution < 1.29 is 24.1 Å². The Morgan fingerprint density at radius 3 is 2.88 bits per heavy atom. The van der Waals surface area contributed by atoms with E-state index >= 15 is 0 Å². The average molecular weight is 343 g/mol. The van der Waals surface area contributed by atoms with Crippen LogP contribution in [0.4, 0.5) is 0 Å². The molecule has 4 rings (SSSR count). The fourth-order valence-corrected chi connectivity index (χ4v) is 3.45. The minimum Gasteiger partial charge on any atom is -0.388 e. The molecule has 0 amide bonds. The van der Waals surface area contributed by atoms with E-state index in [1.54, 1.807) is 6.07 Å². The second-order valence-electron chi connectivity index (χ2n) is 6.57.